The van der Waals surface area contributed by atoms with Crippen molar-refractivity contribution in [3.05, 3.63) is 0 Å². The molecule has 0 aromatic rings. The van der Waals surface area contributed by atoms with E-state index < -0.39 is 0 Å². The van der Waals surface area contributed by atoms with Crippen molar-refractivity contribution < 1.29 is 9.90 Å². The van der Waals surface area contributed by atoms with Gasteiger partial charge in [0, 0.05) is 13.5 Å². The zero-order chi connectivity index (χ0) is 14.6. The molecule has 2 fully saturated rings. The molecule has 0 aromatic heterocycles. The van der Waals surface area contributed by atoms with Crippen LogP contribution in [0.2, 0.25) is 0 Å². The van der Waals surface area contributed by atoms with Gasteiger partial charge >= 0.3 is 0 Å². The van der Waals surface area contributed by atoms with Gasteiger partial charge in [0.25, 0.3) is 0 Å². The van der Waals surface area contributed by atoms with E-state index in [0.29, 0.717) is 13.0 Å². The van der Waals surface area contributed by atoms with Crippen LogP contribution in [0.15, 0.2) is 0 Å². The molecule has 4 nitrogen and oxygen atoms in total. The average Bonchev–Trinajstić information content (AvgIpc) is 2.48. The lowest BCUT2D eigenvalue weighted by molar-refractivity contribution is -0.138. The first-order chi connectivity index (χ1) is 9.58. The van der Waals surface area contributed by atoms with Crippen LogP contribution in [0.4, 0.5) is 0 Å². The predicted molar refractivity (Wildman–Crippen MR) is 80.2 cm³/mol. The van der Waals surface area contributed by atoms with Crippen LogP contribution < -0.4 is 5.73 Å². The Balaban J connectivity index is 1.95. The van der Waals surface area contributed by atoms with Crippen LogP contribution in [-0.4, -0.2) is 41.7 Å². The molecule has 2 rings (SSSR count). The summed E-state index contributed by atoms with van der Waals surface area (Å²) in [6.45, 7) is 0.611. The Morgan fingerprint density at radius 2 is 1.85 bits per heavy atom. The minimum atomic E-state index is -0.349. The number of carbonyl (C=O) groups is 1. The smallest absolute Gasteiger partial charge is 0.223 e. The largest absolute Gasteiger partial charge is 0.391 e. The maximum Gasteiger partial charge on any atom is 0.223 e. The third-order valence-corrected chi connectivity index (χ3v) is 5.46. The van der Waals surface area contributed by atoms with Gasteiger partial charge in [0.2, 0.25) is 5.91 Å². The van der Waals surface area contributed by atoms with E-state index in [4.69, 9.17) is 5.73 Å². The number of hydrogen-bond acceptors (Lipinski definition) is 3. The Morgan fingerprint density at radius 1 is 1.20 bits per heavy atom. The maximum absolute atomic E-state index is 12.6. The van der Waals surface area contributed by atoms with Gasteiger partial charge in [0.05, 0.1) is 12.1 Å². The van der Waals surface area contributed by atoms with Crippen molar-refractivity contribution in [2.24, 2.45) is 11.1 Å². The molecule has 2 aliphatic carbocycles. The van der Waals surface area contributed by atoms with Crippen LogP contribution in [0.25, 0.3) is 0 Å². The number of amides is 1. The highest BCUT2D eigenvalue weighted by molar-refractivity contribution is 5.77. The van der Waals surface area contributed by atoms with Gasteiger partial charge in [-0.05, 0) is 37.6 Å². The minimum absolute atomic E-state index is 0.00895. The summed E-state index contributed by atoms with van der Waals surface area (Å²) in [5.74, 6) is 0.170. The van der Waals surface area contributed by atoms with E-state index in [1.807, 2.05) is 7.05 Å². The summed E-state index contributed by atoms with van der Waals surface area (Å²) < 4.78 is 0. The van der Waals surface area contributed by atoms with Crippen molar-refractivity contribution in [3.63, 3.8) is 0 Å². The summed E-state index contributed by atoms with van der Waals surface area (Å²) in [6, 6.07) is 0.00895. The van der Waals surface area contributed by atoms with Crippen molar-refractivity contribution in [1.82, 2.24) is 4.90 Å². The molecule has 116 valence electrons. The van der Waals surface area contributed by atoms with Crippen LogP contribution in [0.1, 0.15) is 64.2 Å². The Hall–Kier alpha value is -0.610. The first-order valence-corrected chi connectivity index (χ1v) is 8.22. The molecule has 0 heterocycles. The number of nitrogens with zero attached hydrogens (tertiary/aromatic N) is 1. The summed E-state index contributed by atoms with van der Waals surface area (Å²) in [4.78, 5) is 14.4. The molecule has 2 aliphatic rings. The molecule has 2 atom stereocenters. The van der Waals surface area contributed by atoms with Gasteiger partial charge in [-0.2, -0.15) is 0 Å². The number of aliphatic hydroxyl groups excluding tert-OH is 1. The molecular weight excluding hydrogens is 252 g/mol. The van der Waals surface area contributed by atoms with Crippen LogP contribution in [0, 0.1) is 5.41 Å². The molecule has 0 spiro atoms. The van der Waals surface area contributed by atoms with E-state index >= 15 is 0 Å². The second-order valence-corrected chi connectivity index (χ2v) is 6.87. The Morgan fingerprint density at radius 3 is 2.45 bits per heavy atom. The predicted octanol–water partition coefficient (Wildman–Crippen LogP) is 2.05. The molecule has 20 heavy (non-hydrogen) atoms. The number of aliphatic hydroxyl groups is 1. The Labute approximate surface area is 122 Å². The van der Waals surface area contributed by atoms with Crippen molar-refractivity contribution in [1.29, 1.82) is 0 Å². The number of likely N-dealkylation sites (N-methyl/N-ethyl adjacent to an activating group) is 1. The molecule has 0 aromatic carbocycles. The van der Waals surface area contributed by atoms with Crippen LogP contribution in [0.5, 0.6) is 0 Å². The molecule has 0 aliphatic heterocycles. The lowest BCUT2D eigenvalue weighted by atomic mass is 9.71. The lowest BCUT2D eigenvalue weighted by Gasteiger charge is -2.40. The van der Waals surface area contributed by atoms with Gasteiger partial charge in [-0.15, -0.1) is 0 Å². The highest BCUT2D eigenvalue weighted by Crippen LogP contribution is 2.39. The van der Waals surface area contributed by atoms with E-state index in [0.717, 1.165) is 38.5 Å². The highest BCUT2D eigenvalue weighted by Gasteiger charge is 2.36. The Kier molecular flexibility index (Phi) is 5.44. The molecule has 0 radical (unpaired) electrons. The van der Waals surface area contributed by atoms with E-state index in [1.54, 1.807) is 4.90 Å². The topological polar surface area (TPSA) is 66.6 Å². The molecule has 0 bridgehead atoms. The van der Waals surface area contributed by atoms with Gasteiger partial charge in [0.15, 0.2) is 0 Å². The number of carbonyl (C=O) groups excluding carboxylic acids is 1. The lowest BCUT2D eigenvalue weighted by Crippen LogP contribution is -2.48. The summed E-state index contributed by atoms with van der Waals surface area (Å²) in [7, 11) is 1.86. The van der Waals surface area contributed by atoms with Crippen molar-refractivity contribution >= 4 is 5.91 Å². The van der Waals surface area contributed by atoms with Crippen molar-refractivity contribution in [2.75, 3.05) is 13.6 Å². The normalized spacial score (nSPS) is 29.9. The van der Waals surface area contributed by atoms with Gasteiger partial charge in [-0.3, -0.25) is 4.79 Å². The minimum Gasteiger partial charge on any atom is -0.391 e. The molecule has 0 saturated heterocycles. The summed E-state index contributed by atoms with van der Waals surface area (Å²) in [5.41, 5.74) is 5.99. The van der Waals surface area contributed by atoms with Crippen LogP contribution in [0.3, 0.4) is 0 Å². The number of rotatable bonds is 4. The second kappa shape index (κ2) is 6.90. The zero-order valence-electron chi connectivity index (χ0n) is 12.8. The molecule has 2 unspecified atom stereocenters. The van der Waals surface area contributed by atoms with E-state index in [1.165, 1.54) is 19.3 Å². The molecule has 3 N–H and O–H groups in total. The zero-order valence-corrected chi connectivity index (χ0v) is 12.8. The van der Waals surface area contributed by atoms with E-state index in [2.05, 4.69) is 0 Å². The summed E-state index contributed by atoms with van der Waals surface area (Å²) in [5, 5.41) is 10.1. The number of hydrogen-bond donors (Lipinski definition) is 2. The van der Waals surface area contributed by atoms with Gasteiger partial charge < -0.3 is 15.7 Å². The summed E-state index contributed by atoms with van der Waals surface area (Å²) >= 11 is 0. The Bertz CT molecular complexity index is 326. The second-order valence-electron chi connectivity index (χ2n) is 6.87. The first-order valence-electron chi connectivity index (χ1n) is 8.22. The van der Waals surface area contributed by atoms with Crippen LogP contribution >= 0.6 is 0 Å². The first kappa shape index (κ1) is 15.8. The standard InChI is InChI=1S/C16H30N2O2/c1-18(13-7-3-4-8-14(13)19)15(20)11-16(12-17)9-5-2-6-10-16/h13-14,19H,2-12,17H2,1H3. The molecule has 4 heteroatoms. The fourth-order valence-corrected chi connectivity index (χ4v) is 3.93. The summed E-state index contributed by atoms with van der Waals surface area (Å²) in [6.07, 6.45) is 9.97. The SMILES string of the molecule is CN(C(=O)CC1(CN)CCCCC1)C1CCCCC1O. The van der Waals surface area contributed by atoms with Gasteiger partial charge in [-0.1, -0.05) is 32.1 Å². The van der Waals surface area contributed by atoms with Crippen molar-refractivity contribution in [2.45, 2.75) is 76.4 Å². The highest BCUT2D eigenvalue weighted by atomic mass is 16.3. The van der Waals surface area contributed by atoms with E-state index in [-0.39, 0.29) is 23.5 Å². The van der Waals surface area contributed by atoms with Crippen molar-refractivity contribution in [3.8, 4) is 0 Å². The van der Waals surface area contributed by atoms with Gasteiger partial charge in [0.1, 0.15) is 0 Å². The van der Waals surface area contributed by atoms with Crippen LogP contribution in [-0.2, 0) is 4.79 Å². The third kappa shape index (κ3) is 3.53. The quantitative estimate of drug-likeness (QED) is 0.829. The molecule has 1 amide bonds. The average molecular weight is 282 g/mol. The fraction of sp³-hybridized carbons (Fsp3) is 0.938. The van der Waals surface area contributed by atoms with Gasteiger partial charge in [-0.25, -0.2) is 0 Å². The maximum atomic E-state index is 12.6. The molecule has 2 saturated carbocycles. The number of nitrogens with two attached hydrogens (primary N) is 1. The molecular formula is C16H30N2O2. The third-order valence-electron chi connectivity index (χ3n) is 5.46. The fourth-order valence-electron chi connectivity index (χ4n) is 3.93. The monoisotopic (exact) mass is 282 g/mol. The van der Waals surface area contributed by atoms with E-state index in [9.17, 15) is 9.90 Å².